The third kappa shape index (κ3) is 3.11. The fraction of sp³-hybridized carbons (Fsp3) is 0.476. The molecule has 1 spiro atoms. The zero-order valence-electron chi connectivity index (χ0n) is 14.8. The summed E-state index contributed by atoms with van der Waals surface area (Å²) in [4.78, 5) is 14.4. The number of carbonyl (C=O) groups is 1. The number of nitrogens with one attached hydrogen (secondary N) is 1. The van der Waals surface area contributed by atoms with Crippen molar-refractivity contribution in [1.29, 1.82) is 0 Å². The summed E-state index contributed by atoms with van der Waals surface area (Å²) in [6.07, 6.45) is 5.78. The average Bonchev–Trinajstić information content (AvgIpc) is 3.25. The van der Waals surface area contributed by atoms with Gasteiger partial charge in [-0.3, -0.25) is 9.69 Å². The highest BCUT2D eigenvalue weighted by atomic mass is 16.3. The monoisotopic (exact) mass is 338 g/mol. The SMILES string of the molecule is CNC(=O)C[C@H]1CC2(CCN(Cc3ccco3)CC2)c2ccccc21. The zero-order valence-corrected chi connectivity index (χ0v) is 14.8. The number of fused-ring (bicyclic) bond motifs is 2. The third-order valence-corrected chi connectivity index (χ3v) is 6.09. The Morgan fingerprint density at radius 1 is 1.24 bits per heavy atom. The summed E-state index contributed by atoms with van der Waals surface area (Å²) < 4.78 is 5.50. The fourth-order valence-corrected chi connectivity index (χ4v) is 4.77. The predicted molar refractivity (Wildman–Crippen MR) is 97.4 cm³/mol. The largest absolute Gasteiger partial charge is 0.468 e. The number of benzene rings is 1. The molecule has 0 saturated carbocycles. The van der Waals surface area contributed by atoms with Gasteiger partial charge in [-0.2, -0.15) is 0 Å². The minimum atomic E-state index is 0.145. The number of hydrogen-bond donors (Lipinski definition) is 1. The molecule has 25 heavy (non-hydrogen) atoms. The van der Waals surface area contributed by atoms with Crippen LogP contribution in [-0.2, 0) is 16.8 Å². The molecule has 2 aliphatic rings. The first-order valence-electron chi connectivity index (χ1n) is 9.25. The van der Waals surface area contributed by atoms with Crippen LogP contribution < -0.4 is 5.32 Å². The summed E-state index contributed by atoms with van der Waals surface area (Å²) in [7, 11) is 1.73. The van der Waals surface area contributed by atoms with Crippen molar-refractivity contribution in [1.82, 2.24) is 10.2 Å². The van der Waals surface area contributed by atoms with Gasteiger partial charge in [-0.25, -0.2) is 0 Å². The topological polar surface area (TPSA) is 45.5 Å². The van der Waals surface area contributed by atoms with Gasteiger partial charge in [0.25, 0.3) is 0 Å². The lowest BCUT2D eigenvalue weighted by atomic mass is 9.73. The molecule has 4 heteroatoms. The fourth-order valence-electron chi connectivity index (χ4n) is 4.77. The van der Waals surface area contributed by atoms with Crippen molar-refractivity contribution in [2.45, 2.75) is 43.6 Å². The maximum absolute atomic E-state index is 11.9. The Kier molecular flexibility index (Phi) is 4.38. The van der Waals surface area contributed by atoms with Crippen LogP contribution in [0.3, 0.4) is 0 Å². The van der Waals surface area contributed by atoms with Crippen LogP contribution in [0, 0.1) is 0 Å². The van der Waals surface area contributed by atoms with E-state index in [0.717, 1.165) is 44.7 Å². The molecule has 1 saturated heterocycles. The molecule has 132 valence electrons. The van der Waals surface area contributed by atoms with Crippen LogP contribution in [0.5, 0.6) is 0 Å². The Hall–Kier alpha value is -2.07. The smallest absolute Gasteiger partial charge is 0.220 e. The van der Waals surface area contributed by atoms with Gasteiger partial charge in [-0.1, -0.05) is 24.3 Å². The quantitative estimate of drug-likeness (QED) is 0.929. The lowest BCUT2D eigenvalue weighted by Crippen LogP contribution is -2.41. The molecule has 0 bridgehead atoms. The first-order valence-corrected chi connectivity index (χ1v) is 9.25. The van der Waals surface area contributed by atoms with Gasteiger partial charge >= 0.3 is 0 Å². The summed E-state index contributed by atoms with van der Waals surface area (Å²) in [5.41, 5.74) is 3.13. The van der Waals surface area contributed by atoms with E-state index in [0.29, 0.717) is 12.3 Å². The van der Waals surface area contributed by atoms with Gasteiger partial charge in [0.15, 0.2) is 0 Å². The second kappa shape index (κ2) is 6.68. The number of rotatable bonds is 4. The van der Waals surface area contributed by atoms with Crippen molar-refractivity contribution < 1.29 is 9.21 Å². The number of carbonyl (C=O) groups excluding carboxylic acids is 1. The number of nitrogens with zero attached hydrogens (tertiary/aromatic N) is 1. The molecule has 0 radical (unpaired) electrons. The molecule has 0 unspecified atom stereocenters. The number of piperidine rings is 1. The van der Waals surface area contributed by atoms with Gasteiger partial charge in [-0.15, -0.1) is 0 Å². The molecule has 1 amide bonds. The molecule has 4 nitrogen and oxygen atoms in total. The van der Waals surface area contributed by atoms with Gasteiger partial charge in [0, 0.05) is 13.5 Å². The van der Waals surface area contributed by atoms with Gasteiger partial charge in [0.1, 0.15) is 5.76 Å². The molecule has 1 N–H and O–H groups in total. The molecular formula is C21H26N2O2. The summed E-state index contributed by atoms with van der Waals surface area (Å²) in [5.74, 6) is 1.54. The average molecular weight is 338 g/mol. The minimum Gasteiger partial charge on any atom is -0.468 e. The lowest BCUT2D eigenvalue weighted by Gasteiger charge is -2.40. The summed E-state index contributed by atoms with van der Waals surface area (Å²) in [6, 6.07) is 12.8. The van der Waals surface area contributed by atoms with Gasteiger partial charge in [-0.05, 0) is 66.9 Å². The van der Waals surface area contributed by atoms with E-state index in [1.54, 1.807) is 13.3 Å². The number of amides is 1. The molecule has 1 aromatic carbocycles. The molecule has 1 aliphatic heterocycles. The molecule has 1 aromatic heterocycles. The Bertz CT molecular complexity index is 730. The van der Waals surface area contributed by atoms with Crippen LogP contribution >= 0.6 is 0 Å². The van der Waals surface area contributed by atoms with Crippen LogP contribution in [0.2, 0.25) is 0 Å². The molecule has 2 aromatic rings. The molecule has 4 rings (SSSR count). The molecule has 1 aliphatic carbocycles. The van der Waals surface area contributed by atoms with E-state index in [2.05, 4.69) is 40.5 Å². The maximum atomic E-state index is 11.9. The highest BCUT2D eigenvalue weighted by molar-refractivity contribution is 5.77. The van der Waals surface area contributed by atoms with Crippen LogP contribution in [0.15, 0.2) is 47.1 Å². The van der Waals surface area contributed by atoms with Crippen molar-refractivity contribution in [3.8, 4) is 0 Å². The highest BCUT2D eigenvalue weighted by Gasteiger charge is 2.45. The van der Waals surface area contributed by atoms with Crippen LogP contribution in [0.25, 0.3) is 0 Å². The van der Waals surface area contributed by atoms with Crippen LogP contribution in [0.1, 0.15) is 48.5 Å². The first-order chi connectivity index (χ1) is 12.2. The first kappa shape index (κ1) is 16.4. The van der Waals surface area contributed by atoms with Crippen molar-refractivity contribution in [3.05, 3.63) is 59.5 Å². The van der Waals surface area contributed by atoms with Crippen molar-refractivity contribution in [3.63, 3.8) is 0 Å². The maximum Gasteiger partial charge on any atom is 0.220 e. The Balaban J connectivity index is 1.50. The highest BCUT2D eigenvalue weighted by Crippen LogP contribution is 2.52. The van der Waals surface area contributed by atoms with Gasteiger partial charge in [0.2, 0.25) is 5.91 Å². The summed E-state index contributed by atoms with van der Waals surface area (Å²) >= 11 is 0. The zero-order chi connectivity index (χ0) is 17.3. The Morgan fingerprint density at radius 3 is 2.76 bits per heavy atom. The summed E-state index contributed by atoms with van der Waals surface area (Å²) in [6.45, 7) is 3.07. The van der Waals surface area contributed by atoms with E-state index in [1.807, 2.05) is 6.07 Å². The number of hydrogen-bond acceptors (Lipinski definition) is 3. The van der Waals surface area contributed by atoms with E-state index in [4.69, 9.17) is 4.42 Å². The van der Waals surface area contributed by atoms with Crippen LogP contribution in [0.4, 0.5) is 0 Å². The molecule has 1 fully saturated rings. The Labute approximate surface area is 149 Å². The van der Waals surface area contributed by atoms with Gasteiger partial charge < -0.3 is 9.73 Å². The number of furan rings is 1. The van der Waals surface area contributed by atoms with E-state index < -0.39 is 0 Å². The third-order valence-electron chi connectivity index (χ3n) is 6.09. The lowest BCUT2D eigenvalue weighted by molar-refractivity contribution is -0.121. The molecule has 1 atom stereocenters. The molecular weight excluding hydrogens is 312 g/mol. The minimum absolute atomic E-state index is 0.145. The van der Waals surface area contributed by atoms with E-state index in [9.17, 15) is 4.79 Å². The van der Waals surface area contributed by atoms with E-state index in [1.165, 1.54) is 11.1 Å². The van der Waals surface area contributed by atoms with Crippen molar-refractivity contribution >= 4 is 5.91 Å². The number of likely N-dealkylation sites (tertiary alicyclic amines) is 1. The van der Waals surface area contributed by atoms with Crippen molar-refractivity contribution in [2.24, 2.45) is 0 Å². The predicted octanol–water partition coefficient (Wildman–Crippen LogP) is 3.44. The Morgan fingerprint density at radius 2 is 2.04 bits per heavy atom. The van der Waals surface area contributed by atoms with Crippen LogP contribution in [-0.4, -0.2) is 30.9 Å². The van der Waals surface area contributed by atoms with E-state index in [-0.39, 0.29) is 11.3 Å². The standard InChI is InChI=1S/C21H26N2O2/c1-22-20(24)13-16-14-21(19-7-3-2-6-18(16)19)8-10-23(11-9-21)15-17-5-4-12-25-17/h2-7,12,16H,8-11,13-15H2,1H3,(H,22,24)/t16-/m0/s1. The van der Waals surface area contributed by atoms with Crippen molar-refractivity contribution in [2.75, 3.05) is 20.1 Å². The van der Waals surface area contributed by atoms with E-state index >= 15 is 0 Å². The second-order valence-electron chi connectivity index (χ2n) is 7.50. The summed E-state index contributed by atoms with van der Waals surface area (Å²) in [5, 5.41) is 2.79. The normalized spacial score (nSPS) is 22.0. The second-order valence-corrected chi connectivity index (χ2v) is 7.50. The molecule has 2 heterocycles. The van der Waals surface area contributed by atoms with Gasteiger partial charge in [0.05, 0.1) is 12.8 Å².